The third-order valence-corrected chi connectivity index (χ3v) is 3.45. The van der Waals surface area contributed by atoms with Crippen LogP contribution in [0.25, 0.3) is 0 Å². The molecule has 1 aromatic carbocycles. The molecule has 2 nitrogen and oxygen atoms in total. The lowest BCUT2D eigenvalue weighted by Gasteiger charge is -2.12. The minimum absolute atomic E-state index is 0. The van der Waals surface area contributed by atoms with Crippen molar-refractivity contribution in [1.29, 1.82) is 0 Å². The SMILES string of the molecule is Cc1ccc([C@H](N)CCCCN)cc1Br.Cl. The number of hydrogen-bond donors (Lipinski definition) is 2. The Kier molecular flexibility index (Phi) is 8.02. The van der Waals surface area contributed by atoms with Crippen LogP contribution in [-0.4, -0.2) is 6.54 Å². The van der Waals surface area contributed by atoms with Gasteiger partial charge in [0.25, 0.3) is 0 Å². The summed E-state index contributed by atoms with van der Waals surface area (Å²) in [6.45, 7) is 2.83. The second-order valence-corrected chi connectivity index (χ2v) is 4.75. The highest BCUT2D eigenvalue weighted by atomic mass is 79.9. The van der Waals surface area contributed by atoms with Crippen LogP contribution in [0.3, 0.4) is 0 Å². The highest BCUT2D eigenvalue weighted by molar-refractivity contribution is 9.10. The van der Waals surface area contributed by atoms with Crippen molar-refractivity contribution in [2.24, 2.45) is 11.5 Å². The van der Waals surface area contributed by atoms with Crippen LogP contribution in [0.2, 0.25) is 0 Å². The topological polar surface area (TPSA) is 52.0 Å². The van der Waals surface area contributed by atoms with Gasteiger partial charge < -0.3 is 11.5 Å². The minimum Gasteiger partial charge on any atom is -0.330 e. The molecule has 0 fully saturated rings. The van der Waals surface area contributed by atoms with Crippen LogP contribution in [0, 0.1) is 6.92 Å². The molecule has 16 heavy (non-hydrogen) atoms. The maximum absolute atomic E-state index is 6.09. The summed E-state index contributed by atoms with van der Waals surface area (Å²) in [7, 11) is 0. The summed E-state index contributed by atoms with van der Waals surface area (Å²) >= 11 is 3.52. The van der Waals surface area contributed by atoms with E-state index < -0.39 is 0 Å². The Labute approximate surface area is 112 Å². The Hall–Kier alpha value is -0.0900. The third kappa shape index (κ3) is 4.83. The summed E-state index contributed by atoms with van der Waals surface area (Å²) < 4.78 is 1.13. The predicted octanol–water partition coefficient (Wildman–Crippen LogP) is 3.31. The monoisotopic (exact) mass is 306 g/mol. The van der Waals surface area contributed by atoms with Gasteiger partial charge in [0.15, 0.2) is 0 Å². The number of unbranched alkanes of at least 4 members (excludes halogenated alkanes) is 1. The van der Waals surface area contributed by atoms with E-state index in [2.05, 4.69) is 41.1 Å². The molecule has 0 radical (unpaired) electrons. The number of benzene rings is 1. The lowest BCUT2D eigenvalue weighted by atomic mass is 10.0. The Morgan fingerprint density at radius 3 is 2.56 bits per heavy atom. The highest BCUT2D eigenvalue weighted by Gasteiger charge is 2.06. The molecule has 0 unspecified atom stereocenters. The van der Waals surface area contributed by atoms with Gasteiger partial charge in [-0.3, -0.25) is 0 Å². The van der Waals surface area contributed by atoms with Gasteiger partial charge in [0.1, 0.15) is 0 Å². The Morgan fingerprint density at radius 2 is 2.00 bits per heavy atom. The van der Waals surface area contributed by atoms with Crippen LogP contribution in [-0.2, 0) is 0 Å². The lowest BCUT2D eigenvalue weighted by Crippen LogP contribution is -2.11. The van der Waals surface area contributed by atoms with Crippen molar-refractivity contribution in [2.45, 2.75) is 32.2 Å². The fourth-order valence-corrected chi connectivity index (χ4v) is 1.91. The summed E-state index contributed by atoms with van der Waals surface area (Å²) in [5, 5.41) is 0. The van der Waals surface area contributed by atoms with Crippen molar-refractivity contribution in [2.75, 3.05) is 6.54 Å². The molecule has 0 aliphatic heterocycles. The molecular formula is C12H20BrClN2. The van der Waals surface area contributed by atoms with Crippen LogP contribution in [0.5, 0.6) is 0 Å². The van der Waals surface area contributed by atoms with E-state index in [0.29, 0.717) is 0 Å². The molecule has 92 valence electrons. The Morgan fingerprint density at radius 1 is 1.31 bits per heavy atom. The number of nitrogens with two attached hydrogens (primary N) is 2. The molecule has 0 saturated heterocycles. The molecule has 0 bridgehead atoms. The zero-order valence-corrected chi connectivity index (χ0v) is 12.0. The van der Waals surface area contributed by atoms with Gasteiger partial charge in [-0.05, 0) is 43.5 Å². The number of aryl methyl sites for hydroxylation is 1. The van der Waals surface area contributed by atoms with Gasteiger partial charge in [0, 0.05) is 10.5 Å². The third-order valence-electron chi connectivity index (χ3n) is 2.59. The van der Waals surface area contributed by atoms with Crippen LogP contribution in [0.1, 0.15) is 36.4 Å². The molecular weight excluding hydrogens is 288 g/mol. The highest BCUT2D eigenvalue weighted by Crippen LogP contribution is 2.23. The largest absolute Gasteiger partial charge is 0.330 e. The van der Waals surface area contributed by atoms with Gasteiger partial charge in [-0.15, -0.1) is 12.4 Å². The molecule has 0 heterocycles. The summed E-state index contributed by atoms with van der Waals surface area (Å²) in [6.07, 6.45) is 3.16. The summed E-state index contributed by atoms with van der Waals surface area (Å²) in [4.78, 5) is 0. The number of hydrogen-bond acceptors (Lipinski definition) is 2. The smallest absolute Gasteiger partial charge is 0.0295 e. The van der Waals surface area contributed by atoms with Gasteiger partial charge in [-0.25, -0.2) is 0 Å². The normalized spacial score (nSPS) is 12.0. The van der Waals surface area contributed by atoms with Crippen molar-refractivity contribution >= 4 is 28.3 Å². The second kappa shape index (κ2) is 8.07. The molecule has 0 saturated carbocycles. The fourth-order valence-electron chi connectivity index (χ4n) is 1.52. The average Bonchev–Trinajstić information content (AvgIpc) is 2.22. The van der Waals surface area contributed by atoms with Crippen molar-refractivity contribution in [1.82, 2.24) is 0 Å². The quantitative estimate of drug-likeness (QED) is 0.820. The van der Waals surface area contributed by atoms with E-state index in [-0.39, 0.29) is 18.4 Å². The van der Waals surface area contributed by atoms with Gasteiger partial charge in [-0.1, -0.05) is 34.5 Å². The fraction of sp³-hybridized carbons (Fsp3) is 0.500. The van der Waals surface area contributed by atoms with Crippen molar-refractivity contribution < 1.29 is 0 Å². The lowest BCUT2D eigenvalue weighted by molar-refractivity contribution is 0.591. The first-order valence-corrected chi connectivity index (χ1v) is 6.16. The summed E-state index contributed by atoms with van der Waals surface area (Å²) in [5.74, 6) is 0. The van der Waals surface area contributed by atoms with Crippen LogP contribution >= 0.6 is 28.3 Å². The maximum atomic E-state index is 6.09. The number of rotatable bonds is 5. The standard InChI is InChI=1S/C12H19BrN2.ClH/c1-9-5-6-10(8-11(9)13)12(15)4-2-3-7-14;/h5-6,8,12H,2-4,7,14-15H2,1H3;1H/t12-;/m1./s1. The van der Waals surface area contributed by atoms with Crippen LogP contribution < -0.4 is 11.5 Å². The first-order valence-electron chi connectivity index (χ1n) is 5.37. The molecule has 1 atom stereocenters. The zero-order chi connectivity index (χ0) is 11.3. The number of halogens is 2. The first kappa shape index (κ1) is 15.9. The van der Waals surface area contributed by atoms with Crippen molar-refractivity contribution in [3.63, 3.8) is 0 Å². The van der Waals surface area contributed by atoms with E-state index in [1.165, 1.54) is 11.1 Å². The van der Waals surface area contributed by atoms with Gasteiger partial charge >= 0.3 is 0 Å². The van der Waals surface area contributed by atoms with E-state index in [1.54, 1.807) is 0 Å². The minimum atomic E-state index is 0. The van der Waals surface area contributed by atoms with Gasteiger partial charge in [-0.2, -0.15) is 0 Å². The zero-order valence-electron chi connectivity index (χ0n) is 9.58. The average molecular weight is 308 g/mol. The van der Waals surface area contributed by atoms with Crippen molar-refractivity contribution in [3.8, 4) is 0 Å². The molecule has 0 amide bonds. The van der Waals surface area contributed by atoms with E-state index in [4.69, 9.17) is 11.5 Å². The molecule has 1 aromatic rings. The van der Waals surface area contributed by atoms with E-state index in [0.717, 1.165) is 30.3 Å². The summed E-state index contributed by atoms with van der Waals surface area (Å²) in [6, 6.07) is 6.45. The van der Waals surface area contributed by atoms with Crippen LogP contribution in [0.15, 0.2) is 22.7 Å². The molecule has 0 spiro atoms. The summed E-state index contributed by atoms with van der Waals surface area (Å²) in [5.41, 5.74) is 14.0. The van der Waals surface area contributed by atoms with E-state index in [9.17, 15) is 0 Å². The molecule has 4 heteroatoms. The van der Waals surface area contributed by atoms with Crippen molar-refractivity contribution in [3.05, 3.63) is 33.8 Å². The molecule has 0 aromatic heterocycles. The van der Waals surface area contributed by atoms with E-state index in [1.807, 2.05) is 0 Å². The maximum Gasteiger partial charge on any atom is 0.0295 e. The second-order valence-electron chi connectivity index (χ2n) is 3.90. The molecule has 4 N–H and O–H groups in total. The molecule has 0 aliphatic rings. The van der Waals surface area contributed by atoms with Gasteiger partial charge in [0.2, 0.25) is 0 Å². The molecule has 1 rings (SSSR count). The Balaban J connectivity index is 0.00000225. The van der Waals surface area contributed by atoms with Gasteiger partial charge in [0.05, 0.1) is 0 Å². The van der Waals surface area contributed by atoms with Crippen LogP contribution in [0.4, 0.5) is 0 Å². The predicted molar refractivity (Wildman–Crippen MR) is 76.0 cm³/mol. The van der Waals surface area contributed by atoms with E-state index >= 15 is 0 Å². The molecule has 0 aliphatic carbocycles. The first-order chi connectivity index (χ1) is 7.15. The Bertz CT molecular complexity index is 318.